The molecule has 0 atom stereocenters. The molecule has 1 amide bonds. The highest BCUT2D eigenvalue weighted by Gasteiger charge is 2.13. The van der Waals surface area contributed by atoms with Crippen molar-refractivity contribution in [3.05, 3.63) is 102 Å². The third-order valence-electron chi connectivity index (χ3n) is 4.95. The Kier molecular flexibility index (Phi) is 7.15. The van der Waals surface area contributed by atoms with E-state index in [1.165, 1.54) is 13.3 Å². The number of benzene rings is 4. The molecule has 4 aromatic carbocycles. The van der Waals surface area contributed by atoms with Crippen LogP contribution in [0.25, 0.3) is 10.8 Å². The van der Waals surface area contributed by atoms with Crippen LogP contribution in [0.3, 0.4) is 0 Å². The van der Waals surface area contributed by atoms with Crippen molar-refractivity contribution < 1.29 is 23.8 Å². The van der Waals surface area contributed by atoms with Gasteiger partial charge < -0.3 is 14.2 Å². The van der Waals surface area contributed by atoms with Crippen LogP contribution in [0.1, 0.15) is 15.9 Å². The minimum absolute atomic E-state index is 0.247. The second-order valence-corrected chi connectivity index (χ2v) is 7.19. The highest BCUT2D eigenvalue weighted by molar-refractivity contribution is 6.04. The highest BCUT2D eigenvalue weighted by atomic mass is 16.5. The molecule has 7 nitrogen and oxygen atoms in total. The van der Waals surface area contributed by atoms with E-state index in [-0.39, 0.29) is 6.61 Å². The maximum Gasteiger partial charge on any atom is 0.343 e. The first-order chi connectivity index (χ1) is 16.7. The number of methoxy groups -OCH3 is 1. The lowest BCUT2D eigenvalue weighted by Gasteiger charge is -2.11. The van der Waals surface area contributed by atoms with Gasteiger partial charge in [0.15, 0.2) is 18.1 Å². The van der Waals surface area contributed by atoms with Crippen molar-refractivity contribution in [3.63, 3.8) is 0 Å². The van der Waals surface area contributed by atoms with Crippen LogP contribution in [-0.2, 0) is 4.79 Å². The van der Waals surface area contributed by atoms with Gasteiger partial charge in [-0.15, -0.1) is 0 Å². The first kappa shape index (κ1) is 22.5. The number of amides is 1. The van der Waals surface area contributed by atoms with Crippen molar-refractivity contribution >= 4 is 28.9 Å². The largest absolute Gasteiger partial charge is 0.493 e. The summed E-state index contributed by atoms with van der Waals surface area (Å²) in [5, 5.41) is 5.82. The summed E-state index contributed by atoms with van der Waals surface area (Å²) >= 11 is 0. The van der Waals surface area contributed by atoms with E-state index in [9.17, 15) is 9.59 Å². The van der Waals surface area contributed by atoms with E-state index in [0.29, 0.717) is 28.4 Å². The van der Waals surface area contributed by atoms with E-state index in [4.69, 9.17) is 14.2 Å². The molecule has 170 valence electrons. The number of hydrogen-bond donors (Lipinski definition) is 1. The van der Waals surface area contributed by atoms with Crippen molar-refractivity contribution in [2.75, 3.05) is 13.7 Å². The van der Waals surface area contributed by atoms with E-state index in [2.05, 4.69) is 10.5 Å². The monoisotopic (exact) mass is 454 g/mol. The van der Waals surface area contributed by atoms with Gasteiger partial charge in [-0.25, -0.2) is 10.2 Å². The van der Waals surface area contributed by atoms with Crippen molar-refractivity contribution in [1.82, 2.24) is 5.43 Å². The van der Waals surface area contributed by atoms with Gasteiger partial charge in [-0.3, -0.25) is 4.79 Å². The lowest BCUT2D eigenvalue weighted by atomic mass is 10.0. The Morgan fingerprint density at radius 2 is 1.53 bits per heavy atom. The van der Waals surface area contributed by atoms with Crippen molar-refractivity contribution in [3.8, 4) is 17.2 Å². The molecule has 0 heterocycles. The summed E-state index contributed by atoms with van der Waals surface area (Å²) in [5.74, 6) is 0.369. The number of nitrogens with zero attached hydrogens (tertiary/aromatic N) is 1. The number of hydrogen-bond acceptors (Lipinski definition) is 6. The SMILES string of the molecule is COc1ccccc1OCC(=O)NN=Cc1c(OC(=O)c2ccccc2)ccc2ccccc12. The molecule has 0 aliphatic heterocycles. The number of fused-ring (bicyclic) bond motifs is 1. The lowest BCUT2D eigenvalue weighted by Crippen LogP contribution is -2.24. The molecule has 0 aromatic heterocycles. The third-order valence-corrected chi connectivity index (χ3v) is 4.95. The van der Waals surface area contributed by atoms with Gasteiger partial charge in [0.2, 0.25) is 0 Å². The van der Waals surface area contributed by atoms with E-state index in [1.54, 1.807) is 48.5 Å². The second-order valence-electron chi connectivity index (χ2n) is 7.19. The molecule has 0 spiro atoms. The molecule has 4 rings (SSSR count). The topological polar surface area (TPSA) is 86.2 Å². The maximum atomic E-state index is 12.6. The van der Waals surface area contributed by atoms with Gasteiger partial charge in [0.25, 0.3) is 5.91 Å². The quantitative estimate of drug-likeness (QED) is 0.182. The van der Waals surface area contributed by atoms with Gasteiger partial charge in [0.05, 0.1) is 18.9 Å². The van der Waals surface area contributed by atoms with Crippen LogP contribution < -0.4 is 19.6 Å². The Bertz CT molecular complexity index is 1340. The molecule has 4 aromatic rings. The van der Waals surface area contributed by atoms with Crippen LogP contribution >= 0.6 is 0 Å². The molecule has 0 aliphatic carbocycles. The molecule has 0 fully saturated rings. The molecule has 0 bridgehead atoms. The molecule has 7 heteroatoms. The van der Waals surface area contributed by atoms with Gasteiger partial charge in [0.1, 0.15) is 5.75 Å². The molecule has 0 radical (unpaired) electrons. The summed E-state index contributed by atoms with van der Waals surface area (Å²) < 4.78 is 16.4. The zero-order chi connectivity index (χ0) is 23.8. The number of nitrogens with one attached hydrogen (secondary N) is 1. The average molecular weight is 454 g/mol. The fourth-order valence-corrected chi connectivity index (χ4v) is 3.31. The Hall–Kier alpha value is -4.65. The van der Waals surface area contributed by atoms with Gasteiger partial charge >= 0.3 is 5.97 Å². The van der Waals surface area contributed by atoms with Gasteiger partial charge in [-0.1, -0.05) is 60.7 Å². The van der Waals surface area contributed by atoms with Crippen molar-refractivity contribution in [2.24, 2.45) is 5.10 Å². The third kappa shape index (κ3) is 5.39. The molecule has 0 saturated carbocycles. The number of ether oxygens (including phenoxy) is 3. The van der Waals surface area contributed by atoms with E-state index in [0.717, 1.165) is 10.8 Å². The molecule has 0 unspecified atom stereocenters. The molecular formula is C27H22N2O5. The van der Waals surface area contributed by atoms with Gasteiger partial charge in [0, 0.05) is 5.56 Å². The highest BCUT2D eigenvalue weighted by Crippen LogP contribution is 2.28. The van der Waals surface area contributed by atoms with Crippen molar-refractivity contribution in [2.45, 2.75) is 0 Å². The summed E-state index contributed by atoms with van der Waals surface area (Å²) in [6, 6.07) is 26.9. The average Bonchev–Trinajstić information content (AvgIpc) is 2.89. The van der Waals surface area contributed by atoms with E-state index >= 15 is 0 Å². The Morgan fingerprint density at radius 3 is 2.32 bits per heavy atom. The standard InChI is InChI=1S/C27H22N2O5/c1-32-24-13-7-8-14-25(24)33-18-26(30)29-28-17-22-21-12-6-5-9-19(21)15-16-23(22)34-27(31)20-10-3-2-4-11-20/h2-17H,18H2,1H3,(H,29,30). The number of rotatable bonds is 8. The Morgan fingerprint density at radius 1 is 0.824 bits per heavy atom. The fraction of sp³-hybridized carbons (Fsp3) is 0.0741. The number of carbonyl (C=O) groups excluding carboxylic acids is 2. The first-order valence-electron chi connectivity index (χ1n) is 10.5. The fourth-order valence-electron chi connectivity index (χ4n) is 3.31. The van der Waals surface area contributed by atoms with Crippen molar-refractivity contribution in [1.29, 1.82) is 0 Å². The summed E-state index contributed by atoms with van der Waals surface area (Å²) in [6.45, 7) is -0.247. The van der Waals surface area contributed by atoms with Crippen LogP contribution in [0.4, 0.5) is 0 Å². The van der Waals surface area contributed by atoms with Crippen LogP contribution in [0.5, 0.6) is 17.2 Å². The molecule has 0 aliphatic rings. The summed E-state index contributed by atoms with van der Waals surface area (Å²) in [5.41, 5.74) is 3.43. The maximum absolute atomic E-state index is 12.6. The van der Waals surface area contributed by atoms with Crippen LogP contribution in [0.15, 0.2) is 96.1 Å². The number of esters is 1. The molecule has 34 heavy (non-hydrogen) atoms. The Labute approximate surface area is 196 Å². The first-order valence-corrected chi connectivity index (χ1v) is 10.5. The summed E-state index contributed by atoms with van der Waals surface area (Å²) in [6.07, 6.45) is 1.46. The number of carbonyl (C=O) groups is 2. The predicted molar refractivity (Wildman–Crippen MR) is 130 cm³/mol. The van der Waals surface area contributed by atoms with Crippen LogP contribution in [-0.4, -0.2) is 31.8 Å². The predicted octanol–water partition coefficient (Wildman–Crippen LogP) is 4.60. The van der Waals surface area contributed by atoms with Gasteiger partial charge in [-0.05, 0) is 41.1 Å². The van der Waals surface area contributed by atoms with Crippen LogP contribution in [0, 0.1) is 0 Å². The second kappa shape index (κ2) is 10.8. The van der Waals surface area contributed by atoms with Crippen LogP contribution in [0.2, 0.25) is 0 Å². The zero-order valence-electron chi connectivity index (χ0n) is 18.4. The van der Waals surface area contributed by atoms with Gasteiger partial charge in [-0.2, -0.15) is 5.10 Å². The normalized spacial score (nSPS) is 10.7. The summed E-state index contributed by atoms with van der Waals surface area (Å²) in [7, 11) is 1.53. The number of hydrazone groups is 1. The summed E-state index contributed by atoms with van der Waals surface area (Å²) in [4.78, 5) is 24.8. The minimum Gasteiger partial charge on any atom is -0.493 e. The smallest absolute Gasteiger partial charge is 0.343 e. The molecule has 1 N–H and O–H groups in total. The number of para-hydroxylation sites is 2. The molecular weight excluding hydrogens is 432 g/mol. The zero-order valence-corrected chi connectivity index (χ0v) is 18.4. The Balaban J connectivity index is 1.50. The van der Waals surface area contributed by atoms with E-state index in [1.807, 2.05) is 42.5 Å². The minimum atomic E-state index is -0.486. The molecule has 0 saturated heterocycles. The lowest BCUT2D eigenvalue weighted by molar-refractivity contribution is -0.123. The van der Waals surface area contributed by atoms with E-state index < -0.39 is 11.9 Å².